The summed E-state index contributed by atoms with van der Waals surface area (Å²) in [5.41, 5.74) is 0. The lowest BCUT2D eigenvalue weighted by Crippen LogP contribution is -1.87. The molecule has 0 aliphatic carbocycles. The van der Waals surface area contributed by atoms with Crippen molar-refractivity contribution in [1.82, 2.24) is 0 Å². The van der Waals surface area contributed by atoms with Crippen LogP contribution < -0.4 is 9.47 Å². The number of aromatic hydroxyl groups is 4. The summed E-state index contributed by atoms with van der Waals surface area (Å²) in [4.78, 5) is 0. The van der Waals surface area contributed by atoms with E-state index in [0.717, 1.165) is 10.8 Å². The summed E-state index contributed by atoms with van der Waals surface area (Å²) in [6.07, 6.45) is 0. The monoisotopic (exact) mass is 330 g/mol. The van der Waals surface area contributed by atoms with E-state index in [9.17, 15) is 10.2 Å². The first-order valence-electron chi connectivity index (χ1n) is 7.01. The summed E-state index contributed by atoms with van der Waals surface area (Å²) in [6.45, 7) is 0. The van der Waals surface area contributed by atoms with E-state index in [1.807, 2.05) is 6.07 Å². The fourth-order valence-electron chi connectivity index (χ4n) is 2.10. The molecule has 3 aromatic rings. The van der Waals surface area contributed by atoms with Crippen molar-refractivity contribution in [3.63, 3.8) is 0 Å². The Hall–Kier alpha value is -3.28. The Morgan fingerprint density at radius 3 is 2.17 bits per heavy atom. The van der Waals surface area contributed by atoms with E-state index in [1.165, 1.54) is 26.4 Å². The van der Waals surface area contributed by atoms with Gasteiger partial charge < -0.3 is 29.9 Å². The fraction of sp³-hybridized carbons (Fsp3) is 0.111. The van der Waals surface area contributed by atoms with Gasteiger partial charge in [-0.3, -0.25) is 0 Å². The van der Waals surface area contributed by atoms with E-state index in [4.69, 9.17) is 19.7 Å². The van der Waals surface area contributed by atoms with Gasteiger partial charge in [-0.2, -0.15) is 0 Å². The third-order valence-electron chi connectivity index (χ3n) is 3.32. The average molecular weight is 330 g/mol. The Bertz CT molecular complexity index is 844. The van der Waals surface area contributed by atoms with E-state index in [2.05, 4.69) is 0 Å². The number of ether oxygens (including phenoxy) is 2. The van der Waals surface area contributed by atoms with Gasteiger partial charge in [-0.1, -0.05) is 12.1 Å². The number of phenolic OH excluding ortho intramolecular Hbond substituents is 4. The smallest absolute Gasteiger partial charge is 0.200 e. The first-order valence-corrected chi connectivity index (χ1v) is 7.01. The molecule has 3 rings (SSSR count). The highest BCUT2D eigenvalue weighted by Gasteiger charge is 2.09. The summed E-state index contributed by atoms with van der Waals surface area (Å²) in [6, 6.07) is 12.9. The molecule has 0 bridgehead atoms. The second-order valence-electron chi connectivity index (χ2n) is 4.88. The second kappa shape index (κ2) is 7.32. The average Bonchev–Trinajstić information content (AvgIpc) is 2.57. The minimum absolute atomic E-state index is 0.187. The molecule has 0 fully saturated rings. The van der Waals surface area contributed by atoms with E-state index < -0.39 is 0 Å². The van der Waals surface area contributed by atoms with Crippen molar-refractivity contribution in [2.75, 3.05) is 14.2 Å². The molecule has 0 unspecified atom stereocenters. The molecular weight excluding hydrogens is 312 g/mol. The zero-order chi connectivity index (χ0) is 17.7. The topological polar surface area (TPSA) is 99.4 Å². The maximum Gasteiger partial charge on any atom is 0.200 e. The molecule has 0 atom stereocenters. The van der Waals surface area contributed by atoms with Crippen LogP contribution in [-0.2, 0) is 0 Å². The second-order valence-corrected chi connectivity index (χ2v) is 4.88. The molecule has 6 heteroatoms. The first kappa shape index (κ1) is 17.1. The molecule has 6 nitrogen and oxygen atoms in total. The summed E-state index contributed by atoms with van der Waals surface area (Å²) in [5, 5.41) is 38.4. The summed E-state index contributed by atoms with van der Waals surface area (Å²) < 4.78 is 9.62. The molecule has 0 aromatic heterocycles. The summed E-state index contributed by atoms with van der Waals surface area (Å²) in [7, 11) is 2.86. The Balaban J connectivity index is 0.000000174. The summed E-state index contributed by atoms with van der Waals surface area (Å²) >= 11 is 0. The first-order chi connectivity index (χ1) is 11.5. The van der Waals surface area contributed by atoms with Crippen molar-refractivity contribution >= 4 is 10.8 Å². The highest BCUT2D eigenvalue weighted by Crippen LogP contribution is 2.38. The Kier molecular flexibility index (Phi) is 5.21. The Labute approximate surface area is 138 Å². The van der Waals surface area contributed by atoms with Crippen molar-refractivity contribution in [2.24, 2.45) is 0 Å². The van der Waals surface area contributed by atoms with Gasteiger partial charge in [0.25, 0.3) is 0 Å². The van der Waals surface area contributed by atoms with Crippen LogP contribution in [0.5, 0.6) is 34.5 Å². The third kappa shape index (κ3) is 3.73. The largest absolute Gasteiger partial charge is 0.508 e. The van der Waals surface area contributed by atoms with Gasteiger partial charge in [-0.25, -0.2) is 0 Å². The minimum atomic E-state index is -0.279. The zero-order valence-electron chi connectivity index (χ0n) is 13.2. The van der Waals surface area contributed by atoms with E-state index in [-0.39, 0.29) is 28.7 Å². The lowest BCUT2D eigenvalue weighted by molar-refractivity contribution is 0.342. The molecule has 0 spiro atoms. The zero-order valence-corrected chi connectivity index (χ0v) is 13.2. The molecule has 3 aromatic carbocycles. The number of fused-ring (bicyclic) bond motifs is 1. The molecule has 0 heterocycles. The van der Waals surface area contributed by atoms with Crippen molar-refractivity contribution in [3.05, 3.63) is 48.5 Å². The number of rotatable bonds is 2. The van der Waals surface area contributed by atoms with Gasteiger partial charge in [0, 0.05) is 17.5 Å². The van der Waals surface area contributed by atoms with Gasteiger partial charge in [-0.15, -0.1) is 0 Å². The maximum atomic E-state index is 9.38. The SMILES string of the molecule is COc1cc(O)c(O)c(OC)c1.Oc1ccc2c(O)cccc2c1. The third-order valence-corrected chi connectivity index (χ3v) is 3.32. The fourth-order valence-corrected chi connectivity index (χ4v) is 2.10. The van der Waals surface area contributed by atoms with E-state index in [1.54, 1.807) is 30.3 Å². The van der Waals surface area contributed by atoms with Gasteiger partial charge in [0.15, 0.2) is 11.5 Å². The van der Waals surface area contributed by atoms with Crippen LogP contribution in [0.1, 0.15) is 0 Å². The van der Waals surface area contributed by atoms with Crippen LogP contribution in [-0.4, -0.2) is 34.6 Å². The molecule has 24 heavy (non-hydrogen) atoms. The van der Waals surface area contributed by atoms with Crippen LogP contribution in [0.4, 0.5) is 0 Å². The molecule has 0 aliphatic rings. The molecular formula is C18H18O6. The van der Waals surface area contributed by atoms with E-state index in [0.29, 0.717) is 5.75 Å². The van der Waals surface area contributed by atoms with Gasteiger partial charge in [0.05, 0.1) is 14.2 Å². The Morgan fingerprint density at radius 2 is 1.50 bits per heavy atom. The van der Waals surface area contributed by atoms with Crippen LogP contribution in [0.3, 0.4) is 0 Å². The van der Waals surface area contributed by atoms with E-state index >= 15 is 0 Å². The number of benzene rings is 3. The normalized spacial score (nSPS) is 9.92. The van der Waals surface area contributed by atoms with Crippen LogP contribution in [0.15, 0.2) is 48.5 Å². The quantitative estimate of drug-likeness (QED) is 0.538. The van der Waals surface area contributed by atoms with Crippen molar-refractivity contribution in [3.8, 4) is 34.5 Å². The predicted molar refractivity (Wildman–Crippen MR) is 90.2 cm³/mol. The molecule has 0 amide bonds. The van der Waals surface area contributed by atoms with Crippen LogP contribution in [0.25, 0.3) is 10.8 Å². The van der Waals surface area contributed by atoms with Gasteiger partial charge in [0.2, 0.25) is 5.75 Å². The maximum absolute atomic E-state index is 9.38. The predicted octanol–water partition coefficient (Wildman–Crippen LogP) is 3.37. The van der Waals surface area contributed by atoms with Crippen LogP contribution in [0, 0.1) is 0 Å². The van der Waals surface area contributed by atoms with Crippen molar-refractivity contribution in [2.45, 2.75) is 0 Å². The minimum Gasteiger partial charge on any atom is -0.508 e. The van der Waals surface area contributed by atoms with Crippen molar-refractivity contribution < 1.29 is 29.9 Å². The van der Waals surface area contributed by atoms with Crippen molar-refractivity contribution in [1.29, 1.82) is 0 Å². The van der Waals surface area contributed by atoms with Crippen LogP contribution >= 0.6 is 0 Å². The molecule has 0 saturated carbocycles. The summed E-state index contributed by atoms with van der Waals surface area (Å²) in [5.74, 6) is 0.541. The lowest BCUT2D eigenvalue weighted by atomic mass is 10.1. The Morgan fingerprint density at radius 1 is 0.750 bits per heavy atom. The van der Waals surface area contributed by atoms with Gasteiger partial charge >= 0.3 is 0 Å². The highest BCUT2D eigenvalue weighted by molar-refractivity contribution is 5.88. The molecule has 0 aliphatic heterocycles. The van der Waals surface area contributed by atoms with Gasteiger partial charge in [0.1, 0.15) is 17.2 Å². The lowest BCUT2D eigenvalue weighted by Gasteiger charge is -2.07. The highest BCUT2D eigenvalue weighted by atomic mass is 16.5. The number of phenols is 4. The molecule has 0 saturated heterocycles. The standard InChI is InChI=1S/C10H8O2.C8H10O4/c11-8-4-5-9-7(6-8)2-1-3-10(9)12;1-11-5-3-6(9)8(10)7(4-5)12-2/h1-6,11-12H;3-4,9-10H,1-2H3. The molecule has 4 N–H and O–H groups in total. The molecule has 126 valence electrons. The van der Waals surface area contributed by atoms with Crippen LogP contribution in [0.2, 0.25) is 0 Å². The van der Waals surface area contributed by atoms with Gasteiger partial charge in [-0.05, 0) is 29.7 Å². The number of methoxy groups -OCH3 is 2. The number of hydrogen-bond acceptors (Lipinski definition) is 6. The molecule has 0 radical (unpaired) electrons. The number of hydrogen-bond donors (Lipinski definition) is 4.